The fourth-order valence-corrected chi connectivity index (χ4v) is 9.72. The predicted molar refractivity (Wildman–Crippen MR) is 231 cm³/mol. The normalized spacial score (nSPS) is 21.1. The average Bonchev–Trinajstić information content (AvgIpc) is 4.12. The molecule has 4 aliphatic rings. The van der Waals surface area contributed by atoms with Crippen molar-refractivity contribution in [3.8, 4) is 22.4 Å². The molecule has 14 heteroatoms. The zero-order valence-corrected chi connectivity index (χ0v) is 35.7. The molecule has 2 saturated heterocycles. The molecule has 2 N–H and O–H groups in total. The Morgan fingerprint density at radius 3 is 2.18 bits per heavy atom. The summed E-state index contributed by atoms with van der Waals surface area (Å²) >= 11 is 0. The third-order valence-corrected chi connectivity index (χ3v) is 13.1. The summed E-state index contributed by atoms with van der Waals surface area (Å²) in [4.78, 5) is 93.3. The molecule has 3 aromatic carbocycles. The van der Waals surface area contributed by atoms with Crippen LogP contribution < -0.4 is 10.2 Å². The Morgan fingerprint density at radius 1 is 0.806 bits per heavy atom. The number of esters is 2. The summed E-state index contributed by atoms with van der Waals surface area (Å²) in [7, 11) is 2.65. The van der Waals surface area contributed by atoms with Crippen molar-refractivity contribution in [1.82, 2.24) is 19.8 Å². The number of hydrogen-bond donors (Lipinski definition) is 2. The van der Waals surface area contributed by atoms with Gasteiger partial charge < -0.3 is 29.6 Å². The molecule has 5 heterocycles. The highest BCUT2D eigenvalue weighted by molar-refractivity contribution is 6.07. The average molecular weight is 843 g/mol. The maximum absolute atomic E-state index is 14.4. The molecule has 1 aromatic heterocycles. The Bertz CT molecular complexity index is 2360. The lowest BCUT2D eigenvalue weighted by Gasteiger charge is -2.32. The van der Waals surface area contributed by atoms with Crippen LogP contribution in [0.3, 0.4) is 0 Å². The van der Waals surface area contributed by atoms with E-state index in [-0.39, 0.29) is 48.4 Å². The fourth-order valence-electron chi connectivity index (χ4n) is 9.72. The van der Waals surface area contributed by atoms with Gasteiger partial charge in [0.1, 0.15) is 17.9 Å². The molecule has 2 fully saturated rings. The number of methoxy groups -OCH3 is 2. The summed E-state index contributed by atoms with van der Waals surface area (Å²) in [5, 5.41) is 3.02. The number of carbonyl (C=O) groups excluding carboxylic acids is 6. The number of aryl methyl sites for hydroxylation is 1. The lowest BCUT2D eigenvalue weighted by atomic mass is 9.91. The van der Waals surface area contributed by atoms with Crippen molar-refractivity contribution in [2.24, 2.45) is 17.8 Å². The van der Waals surface area contributed by atoms with E-state index < -0.39 is 35.9 Å². The van der Waals surface area contributed by atoms with Gasteiger partial charge in [0.05, 0.1) is 56.6 Å². The number of ether oxygens (including phenoxy) is 2. The van der Waals surface area contributed by atoms with Gasteiger partial charge in [-0.2, -0.15) is 0 Å². The fraction of sp³-hybridized carbons (Fsp3) is 0.438. The van der Waals surface area contributed by atoms with Gasteiger partial charge >= 0.3 is 11.9 Å². The number of anilines is 2. The minimum Gasteiger partial charge on any atom is -0.469 e. The summed E-state index contributed by atoms with van der Waals surface area (Å²) in [5.41, 5.74) is 7.00. The van der Waals surface area contributed by atoms with E-state index in [1.54, 1.807) is 16.0 Å². The number of para-hydroxylation sites is 1. The van der Waals surface area contributed by atoms with Crippen molar-refractivity contribution >= 4 is 46.9 Å². The Kier molecular flexibility index (Phi) is 12.3. The number of imidazole rings is 1. The number of benzene rings is 3. The number of hydrogen-bond acceptors (Lipinski definition) is 9. The van der Waals surface area contributed by atoms with E-state index in [0.29, 0.717) is 50.9 Å². The first-order chi connectivity index (χ1) is 29.9. The lowest BCUT2D eigenvalue weighted by Crippen LogP contribution is -2.54. The van der Waals surface area contributed by atoms with E-state index >= 15 is 0 Å². The SMILES string of the molecule is COC(=O)C[C@H]1CCc2cccc3c2N(C1=O)[C@H](C(=O)N1CCC[C@H]1C(=O)Nc1ccc(-c2ccc(-c4cnc([C@@H]5CCCN5C(=O)[C@@H](CC(=O)OC)C(C)C)[nH]4)cc2)cc1)C3. The largest absolute Gasteiger partial charge is 0.469 e. The number of carbonyl (C=O) groups is 6. The van der Waals surface area contributed by atoms with Crippen molar-refractivity contribution in [2.45, 2.75) is 89.8 Å². The summed E-state index contributed by atoms with van der Waals surface area (Å²) in [6, 6.07) is 19.8. The van der Waals surface area contributed by atoms with Crippen LogP contribution in [0.15, 0.2) is 72.9 Å². The van der Waals surface area contributed by atoms with Crippen LogP contribution >= 0.6 is 0 Å². The standard InChI is InChI=1S/C48H54N6O8/c1-28(2)36(26-42(56)62-4)47(59)52-22-6-10-38(52)44-49-27-37(51-44)31-14-12-29(13-15-31)30-18-20-35(21-19-30)50-45(57)39-11-7-23-53(39)48(60)40-24-33-9-5-8-32-16-17-34(25-41(55)61-3)46(58)54(40)43(32)33/h5,8-9,12-15,18-21,27-28,34,36,38-40H,6-7,10-11,16-17,22-26H2,1-4H3,(H,49,51)(H,50,57)/t34-,36+,38+,39+,40+/m1/s1. The Morgan fingerprint density at radius 2 is 1.47 bits per heavy atom. The number of aromatic amines is 1. The first-order valence-electron chi connectivity index (χ1n) is 21.7. The Balaban J connectivity index is 0.903. The van der Waals surface area contributed by atoms with Crippen molar-refractivity contribution in [3.05, 3.63) is 89.9 Å². The van der Waals surface area contributed by atoms with Gasteiger partial charge in [-0.3, -0.25) is 33.7 Å². The van der Waals surface area contributed by atoms with Gasteiger partial charge in [-0.15, -0.1) is 0 Å². The molecule has 5 atom stereocenters. The summed E-state index contributed by atoms with van der Waals surface area (Å²) in [5.74, 6) is -2.04. The highest BCUT2D eigenvalue weighted by Crippen LogP contribution is 2.42. The second-order valence-corrected chi connectivity index (χ2v) is 17.2. The molecule has 14 nitrogen and oxygen atoms in total. The topological polar surface area (TPSA) is 171 Å². The Labute approximate surface area is 361 Å². The van der Waals surface area contributed by atoms with Crippen LogP contribution in [-0.2, 0) is 51.1 Å². The van der Waals surface area contributed by atoms with Crippen molar-refractivity contribution < 1.29 is 38.2 Å². The molecule has 324 valence electrons. The summed E-state index contributed by atoms with van der Waals surface area (Å²) in [6.07, 6.45) is 6.06. The zero-order valence-electron chi connectivity index (χ0n) is 35.7. The Hall–Kier alpha value is -6.31. The predicted octanol–water partition coefficient (Wildman–Crippen LogP) is 6.26. The molecule has 4 amide bonds. The van der Waals surface area contributed by atoms with Gasteiger partial charge in [0.2, 0.25) is 23.6 Å². The van der Waals surface area contributed by atoms with Gasteiger partial charge in [0.25, 0.3) is 0 Å². The van der Waals surface area contributed by atoms with E-state index in [0.717, 1.165) is 57.9 Å². The number of amides is 4. The summed E-state index contributed by atoms with van der Waals surface area (Å²) in [6.45, 7) is 4.92. The van der Waals surface area contributed by atoms with Gasteiger partial charge in [0, 0.05) is 31.1 Å². The molecule has 8 rings (SSSR count). The zero-order chi connectivity index (χ0) is 43.7. The van der Waals surface area contributed by atoms with E-state index in [9.17, 15) is 28.8 Å². The van der Waals surface area contributed by atoms with Crippen LogP contribution in [0.4, 0.5) is 11.4 Å². The highest BCUT2D eigenvalue weighted by atomic mass is 16.5. The van der Waals surface area contributed by atoms with E-state index in [2.05, 4.69) is 15.3 Å². The van der Waals surface area contributed by atoms with Crippen LogP contribution in [0.25, 0.3) is 22.4 Å². The molecule has 0 unspecified atom stereocenters. The van der Waals surface area contributed by atoms with Crippen molar-refractivity contribution in [2.75, 3.05) is 37.5 Å². The molecule has 0 radical (unpaired) electrons. The molecule has 4 aliphatic heterocycles. The maximum atomic E-state index is 14.4. The second kappa shape index (κ2) is 18.0. The van der Waals surface area contributed by atoms with Gasteiger partial charge in [-0.1, -0.05) is 68.4 Å². The molecule has 0 saturated carbocycles. The van der Waals surface area contributed by atoms with E-state index in [1.165, 1.54) is 14.2 Å². The molecule has 4 aromatic rings. The number of nitrogens with zero attached hydrogens (tertiary/aromatic N) is 4. The van der Waals surface area contributed by atoms with Crippen molar-refractivity contribution in [1.29, 1.82) is 0 Å². The number of nitrogens with one attached hydrogen (secondary N) is 2. The van der Waals surface area contributed by atoms with E-state index in [1.807, 2.05) is 85.5 Å². The number of aromatic nitrogens is 2. The highest BCUT2D eigenvalue weighted by Gasteiger charge is 2.47. The summed E-state index contributed by atoms with van der Waals surface area (Å²) < 4.78 is 9.75. The van der Waals surface area contributed by atoms with Gasteiger partial charge in [-0.25, -0.2) is 4.98 Å². The molecule has 0 aliphatic carbocycles. The van der Waals surface area contributed by atoms with Crippen LogP contribution in [0.1, 0.15) is 81.8 Å². The maximum Gasteiger partial charge on any atom is 0.306 e. The van der Waals surface area contributed by atoms with Gasteiger partial charge in [-0.05, 0) is 84.4 Å². The first-order valence-corrected chi connectivity index (χ1v) is 21.7. The molecule has 0 spiro atoms. The van der Waals surface area contributed by atoms with E-state index in [4.69, 9.17) is 9.47 Å². The molecular formula is C48H54N6O8. The number of H-pyrrole nitrogens is 1. The smallest absolute Gasteiger partial charge is 0.306 e. The molecule has 62 heavy (non-hydrogen) atoms. The third kappa shape index (κ3) is 8.34. The minimum absolute atomic E-state index is 0.0135. The monoisotopic (exact) mass is 842 g/mol. The first kappa shape index (κ1) is 42.4. The second-order valence-electron chi connectivity index (χ2n) is 17.2. The third-order valence-electron chi connectivity index (χ3n) is 13.1. The minimum atomic E-state index is -0.789. The molecule has 0 bridgehead atoms. The lowest BCUT2D eigenvalue weighted by molar-refractivity contribution is -0.148. The van der Waals surface area contributed by atoms with Crippen LogP contribution in [0.2, 0.25) is 0 Å². The quantitative estimate of drug-likeness (QED) is 0.156. The number of rotatable bonds is 12. The molecular weight excluding hydrogens is 789 g/mol. The number of likely N-dealkylation sites (tertiary alicyclic amines) is 2. The van der Waals surface area contributed by atoms with Crippen LogP contribution in [0, 0.1) is 17.8 Å². The van der Waals surface area contributed by atoms with Crippen LogP contribution in [-0.4, -0.2) is 94.7 Å². The van der Waals surface area contributed by atoms with Crippen LogP contribution in [0.5, 0.6) is 0 Å². The van der Waals surface area contributed by atoms with Gasteiger partial charge in [0.15, 0.2) is 0 Å². The van der Waals surface area contributed by atoms with Crippen molar-refractivity contribution in [3.63, 3.8) is 0 Å².